The van der Waals surface area contributed by atoms with E-state index >= 15 is 0 Å². The third-order valence-electron chi connectivity index (χ3n) is 2.91. The first-order valence-electron chi connectivity index (χ1n) is 5.19. The van der Waals surface area contributed by atoms with Crippen molar-refractivity contribution in [1.82, 2.24) is 0 Å². The van der Waals surface area contributed by atoms with Gasteiger partial charge in [0.2, 0.25) is 0 Å². The molecular weight excluding hydrogens is 254 g/mol. The minimum absolute atomic E-state index is 0.436. The molecule has 2 rings (SSSR count). The van der Waals surface area contributed by atoms with Crippen molar-refractivity contribution in [2.75, 3.05) is 19.0 Å². The molecule has 3 heteroatoms. The highest BCUT2D eigenvalue weighted by Gasteiger charge is 2.41. The van der Waals surface area contributed by atoms with Gasteiger partial charge in [0.15, 0.2) is 0 Å². The minimum Gasteiger partial charge on any atom is -0.390 e. The van der Waals surface area contributed by atoms with Gasteiger partial charge in [0, 0.05) is 30.7 Å². The molecule has 1 aromatic rings. The molecule has 1 N–H and O–H groups in total. The van der Waals surface area contributed by atoms with Crippen LogP contribution in [0.5, 0.6) is 0 Å². The average molecular weight is 270 g/mol. The van der Waals surface area contributed by atoms with E-state index in [1.54, 1.807) is 0 Å². The molecule has 0 unspecified atom stereocenters. The van der Waals surface area contributed by atoms with Gasteiger partial charge in [-0.25, -0.2) is 0 Å². The molecule has 1 fully saturated rings. The van der Waals surface area contributed by atoms with E-state index in [9.17, 15) is 5.11 Å². The zero-order valence-electron chi connectivity index (χ0n) is 9.13. The molecule has 0 heterocycles. The predicted molar refractivity (Wildman–Crippen MR) is 66.4 cm³/mol. The molecule has 0 saturated heterocycles. The second-order valence-corrected chi connectivity index (χ2v) is 5.39. The maximum Gasteiger partial charge on any atom is 0.0691 e. The Balaban J connectivity index is 2.34. The van der Waals surface area contributed by atoms with Crippen LogP contribution in [-0.2, 0) is 6.42 Å². The largest absolute Gasteiger partial charge is 0.390 e. The Hall–Kier alpha value is -0.540. The molecule has 1 aliphatic rings. The lowest BCUT2D eigenvalue weighted by molar-refractivity contribution is 0.151. The fraction of sp³-hybridized carbons (Fsp3) is 0.500. The zero-order chi connectivity index (χ0) is 11.1. The Morgan fingerprint density at radius 1 is 1.40 bits per heavy atom. The summed E-state index contributed by atoms with van der Waals surface area (Å²) in [6.07, 6.45) is 2.62. The van der Waals surface area contributed by atoms with Crippen molar-refractivity contribution in [3.63, 3.8) is 0 Å². The average Bonchev–Trinajstić information content (AvgIpc) is 2.87. The lowest BCUT2D eigenvalue weighted by Crippen LogP contribution is -2.17. The molecule has 2 nitrogen and oxygen atoms in total. The lowest BCUT2D eigenvalue weighted by atomic mass is 10.0. The summed E-state index contributed by atoms with van der Waals surface area (Å²) in [5, 5.41) is 9.97. The van der Waals surface area contributed by atoms with E-state index < -0.39 is 5.60 Å². The van der Waals surface area contributed by atoms with Crippen molar-refractivity contribution in [2.45, 2.75) is 24.9 Å². The first kappa shape index (κ1) is 11.0. The molecule has 0 bridgehead atoms. The SMILES string of the molecule is CN(C)c1cccc(Br)c1CC1(O)CC1. The number of hydrogen-bond donors (Lipinski definition) is 1. The summed E-state index contributed by atoms with van der Waals surface area (Å²) in [4.78, 5) is 2.09. The number of aliphatic hydroxyl groups is 1. The highest BCUT2D eigenvalue weighted by Crippen LogP contribution is 2.41. The number of halogens is 1. The molecule has 1 saturated carbocycles. The van der Waals surface area contributed by atoms with Crippen molar-refractivity contribution in [2.24, 2.45) is 0 Å². The van der Waals surface area contributed by atoms with Gasteiger partial charge in [-0.2, -0.15) is 0 Å². The van der Waals surface area contributed by atoms with Crippen LogP contribution in [-0.4, -0.2) is 24.8 Å². The predicted octanol–water partition coefficient (Wildman–Crippen LogP) is 2.58. The molecule has 0 spiro atoms. The van der Waals surface area contributed by atoms with Crippen molar-refractivity contribution in [3.05, 3.63) is 28.2 Å². The first-order chi connectivity index (χ1) is 7.02. The first-order valence-corrected chi connectivity index (χ1v) is 5.98. The topological polar surface area (TPSA) is 23.5 Å². The van der Waals surface area contributed by atoms with E-state index in [-0.39, 0.29) is 0 Å². The molecule has 1 aliphatic carbocycles. The molecule has 1 aromatic carbocycles. The molecule has 15 heavy (non-hydrogen) atoms. The normalized spacial score (nSPS) is 17.6. The van der Waals surface area contributed by atoms with Gasteiger partial charge in [0.25, 0.3) is 0 Å². The Bertz CT molecular complexity index is 372. The van der Waals surface area contributed by atoms with Gasteiger partial charge in [0.05, 0.1) is 5.60 Å². The minimum atomic E-state index is -0.436. The number of benzene rings is 1. The third-order valence-corrected chi connectivity index (χ3v) is 3.65. The number of rotatable bonds is 3. The summed E-state index contributed by atoms with van der Waals surface area (Å²) >= 11 is 3.56. The van der Waals surface area contributed by atoms with Crippen LogP contribution in [0.3, 0.4) is 0 Å². The van der Waals surface area contributed by atoms with Crippen molar-refractivity contribution < 1.29 is 5.11 Å². The summed E-state index contributed by atoms with van der Waals surface area (Å²) in [7, 11) is 4.06. The molecular formula is C12H16BrNO. The van der Waals surface area contributed by atoms with Gasteiger partial charge in [-0.1, -0.05) is 22.0 Å². The Morgan fingerprint density at radius 2 is 2.07 bits per heavy atom. The molecule has 0 aromatic heterocycles. The van der Waals surface area contributed by atoms with Crippen molar-refractivity contribution in [3.8, 4) is 0 Å². The van der Waals surface area contributed by atoms with Gasteiger partial charge in [-0.3, -0.25) is 0 Å². The third kappa shape index (κ3) is 2.34. The number of hydrogen-bond acceptors (Lipinski definition) is 2. The van der Waals surface area contributed by atoms with E-state index in [2.05, 4.69) is 26.9 Å². The highest BCUT2D eigenvalue weighted by atomic mass is 79.9. The van der Waals surface area contributed by atoms with Gasteiger partial charge in [-0.15, -0.1) is 0 Å². The molecule has 0 amide bonds. The second kappa shape index (κ2) is 3.80. The fourth-order valence-electron chi connectivity index (χ4n) is 1.79. The van der Waals surface area contributed by atoms with E-state index in [1.807, 2.05) is 26.2 Å². The van der Waals surface area contributed by atoms with Crippen LogP contribution in [0.2, 0.25) is 0 Å². The Kier molecular flexibility index (Phi) is 2.77. The van der Waals surface area contributed by atoms with Crippen LogP contribution < -0.4 is 4.90 Å². The number of anilines is 1. The molecule has 0 radical (unpaired) electrons. The lowest BCUT2D eigenvalue weighted by Gasteiger charge is -2.20. The van der Waals surface area contributed by atoms with E-state index in [1.165, 1.54) is 11.3 Å². The summed E-state index contributed by atoms with van der Waals surface area (Å²) in [5.41, 5.74) is 1.96. The highest BCUT2D eigenvalue weighted by molar-refractivity contribution is 9.10. The van der Waals surface area contributed by atoms with E-state index in [0.717, 1.165) is 23.7 Å². The Labute approximate surface area is 99.0 Å². The summed E-state index contributed by atoms with van der Waals surface area (Å²) < 4.78 is 1.09. The van der Waals surface area contributed by atoms with Crippen LogP contribution in [0.1, 0.15) is 18.4 Å². The fourth-order valence-corrected chi connectivity index (χ4v) is 2.29. The van der Waals surface area contributed by atoms with Crippen molar-refractivity contribution >= 4 is 21.6 Å². The van der Waals surface area contributed by atoms with E-state index in [0.29, 0.717) is 0 Å². The maximum absolute atomic E-state index is 9.97. The standard InChI is InChI=1S/C12H16BrNO/c1-14(2)11-5-3-4-10(13)9(11)8-12(15)6-7-12/h3-5,15H,6-8H2,1-2H3. The van der Waals surface area contributed by atoms with Gasteiger partial charge >= 0.3 is 0 Å². The van der Waals surface area contributed by atoms with Crippen molar-refractivity contribution in [1.29, 1.82) is 0 Å². The molecule has 0 atom stereocenters. The number of nitrogens with zero attached hydrogens (tertiary/aromatic N) is 1. The Morgan fingerprint density at radius 3 is 2.60 bits per heavy atom. The summed E-state index contributed by atoms with van der Waals surface area (Å²) in [5.74, 6) is 0. The molecule has 82 valence electrons. The van der Waals surface area contributed by atoms with Crippen LogP contribution in [0.15, 0.2) is 22.7 Å². The van der Waals surface area contributed by atoms with Gasteiger partial charge in [-0.05, 0) is 30.5 Å². The maximum atomic E-state index is 9.97. The van der Waals surface area contributed by atoms with Crippen LogP contribution >= 0.6 is 15.9 Å². The molecule has 0 aliphatic heterocycles. The van der Waals surface area contributed by atoms with Crippen LogP contribution in [0.25, 0.3) is 0 Å². The van der Waals surface area contributed by atoms with Crippen LogP contribution in [0, 0.1) is 0 Å². The van der Waals surface area contributed by atoms with Gasteiger partial charge < -0.3 is 10.0 Å². The van der Waals surface area contributed by atoms with E-state index in [4.69, 9.17) is 0 Å². The summed E-state index contributed by atoms with van der Waals surface area (Å²) in [6.45, 7) is 0. The smallest absolute Gasteiger partial charge is 0.0691 e. The van der Waals surface area contributed by atoms with Crippen LogP contribution in [0.4, 0.5) is 5.69 Å². The van der Waals surface area contributed by atoms with Gasteiger partial charge in [0.1, 0.15) is 0 Å². The second-order valence-electron chi connectivity index (χ2n) is 4.53. The summed E-state index contributed by atoms with van der Waals surface area (Å²) in [6, 6.07) is 6.15. The monoisotopic (exact) mass is 269 g/mol. The quantitative estimate of drug-likeness (QED) is 0.912. The zero-order valence-corrected chi connectivity index (χ0v) is 10.7.